The van der Waals surface area contributed by atoms with Gasteiger partial charge in [-0.15, -0.1) is 0 Å². The summed E-state index contributed by atoms with van der Waals surface area (Å²) >= 11 is 0. The summed E-state index contributed by atoms with van der Waals surface area (Å²) < 4.78 is 33.1. The molecule has 0 saturated heterocycles. The molecular weight excluding hydrogens is 400 g/mol. The molecular formula is C23H28N2O4S. The molecule has 1 N–H and O–H groups in total. The zero-order valence-electron chi connectivity index (χ0n) is 17.4. The lowest BCUT2D eigenvalue weighted by Crippen LogP contribution is -2.37. The van der Waals surface area contributed by atoms with Crippen LogP contribution in [0.5, 0.6) is 5.75 Å². The topological polar surface area (TPSA) is 75.7 Å². The molecule has 1 fully saturated rings. The number of nitrogens with one attached hydrogen (secondary N) is 1. The molecule has 2 aromatic carbocycles. The fraction of sp³-hybridized carbons (Fsp3) is 0.348. The summed E-state index contributed by atoms with van der Waals surface area (Å²) in [7, 11) is -0.415. The third-order valence-electron chi connectivity index (χ3n) is 5.43. The minimum absolute atomic E-state index is 0.0311. The van der Waals surface area contributed by atoms with Crippen LogP contribution in [-0.2, 0) is 14.8 Å². The molecule has 0 radical (unpaired) electrons. The first kappa shape index (κ1) is 21.9. The van der Waals surface area contributed by atoms with Gasteiger partial charge < -0.3 is 9.64 Å². The van der Waals surface area contributed by atoms with E-state index >= 15 is 0 Å². The fourth-order valence-corrected chi connectivity index (χ4v) is 4.69. The third-order valence-corrected chi connectivity index (χ3v) is 6.81. The lowest BCUT2D eigenvalue weighted by atomic mass is 9.94. The van der Waals surface area contributed by atoms with Crippen LogP contribution in [0.1, 0.15) is 37.7 Å². The van der Waals surface area contributed by atoms with Crippen molar-refractivity contribution in [2.24, 2.45) is 0 Å². The van der Waals surface area contributed by atoms with Crippen LogP contribution >= 0.6 is 0 Å². The summed E-state index contributed by atoms with van der Waals surface area (Å²) in [6, 6.07) is 13.5. The summed E-state index contributed by atoms with van der Waals surface area (Å²) in [6.45, 7) is 0. The molecule has 1 saturated carbocycles. The number of anilines is 1. The molecule has 0 aliphatic heterocycles. The Bertz CT molecular complexity index is 994. The Morgan fingerprint density at radius 2 is 1.73 bits per heavy atom. The summed E-state index contributed by atoms with van der Waals surface area (Å²) in [5.41, 5.74) is 1.14. The molecule has 0 bridgehead atoms. The first-order valence-corrected chi connectivity index (χ1v) is 11.6. The number of hydrogen-bond acceptors (Lipinski definition) is 4. The van der Waals surface area contributed by atoms with Gasteiger partial charge in [0.2, 0.25) is 5.91 Å². The Balaban J connectivity index is 1.66. The number of sulfonamides is 1. The van der Waals surface area contributed by atoms with Gasteiger partial charge in [0.1, 0.15) is 5.75 Å². The number of carbonyl (C=O) groups excluding carboxylic acids is 1. The number of ether oxygens (including phenoxy) is 1. The van der Waals surface area contributed by atoms with Gasteiger partial charge in [-0.1, -0.05) is 43.5 Å². The molecule has 160 valence electrons. The van der Waals surface area contributed by atoms with Crippen LogP contribution in [0.25, 0.3) is 6.08 Å². The quantitative estimate of drug-likeness (QED) is 0.667. The average molecular weight is 429 g/mol. The molecule has 1 aliphatic rings. The highest BCUT2D eigenvalue weighted by molar-refractivity contribution is 7.92. The Kier molecular flexibility index (Phi) is 7.15. The summed E-state index contributed by atoms with van der Waals surface area (Å²) in [4.78, 5) is 14.4. The number of carbonyl (C=O) groups is 1. The van der Waals surface area contributed by atoms with Crippen molar-refractivity contribution < 1.29 is 17.9 Å². The molecule has 1 amide bonds. The maximum atomic E-state index is 12.7. The molecule has 2 aromatic rings. The number of nitrogens with zero attached hydrogens (tertiary/aromatic N) is 1. The minimum atomic E-state index is -3.75. The highest BCUT2D eigenvalue weighted by Gasteiger charge is 2.20. The van der Waals surface area contributed by atoms with Crippen LogP contribution in [-0.4, -0.2) is 39.4 Å². The third kappa shape index (κ3) is 5.42. The monoisotopic (exact) mass is 428 g/mol. The molecule has 0 aromatic heterocycles. The Hall–Kier alpha value is -2.80. The van der Waals surface area contributed by atoms with Crippen molar-refractivity contribution in [2.75, 3.05) is 18.9 Å². The standard InChI is InChI=1S/C23H28N2O4S/c1-25(19-8-4-3-5-9-19)23(26)17-14-18-12-15-20(16-13-18)30(27,28)24-21-10-6-7-11-22(21)29-2/h6-7,10-17,19,24H,3-5,8-9H2,1-2H3/b17-14+. The molecule has 0 atom stereocenters. The zero-order valence-corrected chi connectivity index (χ0v) is 18.2. The van der Waals surface area contributed by atoms with Gasteiger partial charge in [0.05, 0.1) is 17.7 Å². The molecule has 0 spiro atoms. The molecule has 0 unspecified atom stereocenters. The molecule has 7 heteroatoms. The van der Waals surface area contributed by atoms with Crippen LogP contribution in [0, 0.1) is 0 Å². The van der Waals surface area contributed by atoms with E-state index in [4.69, 9.17) is 4.74 Å². The SMILES string of the molecule is COc1ccccc1NS(=O)(=O)c1ccc(/C=C/C(=O)N(C)C2CCCCC2)cc1. The van der Waals surface area contributed by atoms with Gasteiger partial charge in [-0.3, -0.25) is 9.52 Å². The van der Waals surface area contributed by atoms with E-state index in [0.29, 0.717) is 17.5 Å². The lowest BCUT2D eigenvalue weighted by Gasteiger charge is -2.30. The Labute approximate surface area is 178 Å². The number of para-hydroxylation sites is 2. The van der Waals surface area contributed by atoms with Crippen LogP contribution in [0.3, 0.4) is 0 Å². The lowest BCUT2D eigenvalue weighted by molar-refractivity contribution is -0.127. The highest BCUT2D eigenvalue weighted by Crippen LogP contribution is 2.26. The van der Waals surface area contributed by atoms with Crippen molar-refractivity contribution in [3.8, 4) is 5.75 Å². The van der Waals surface area contributed by atoms with Gasteiger partial charge in [0.15, 0.2) is 0 Å². The van der Waals surface area contributed by atoms with Crippen LogP contribution < -0.4 is 9.46 Å². The van der Waals surface area contributed by atoms with Gasteiger partial charge in [-0.2, -0.15) is 0 Å². The average Bonchev–Trinajstić information content (AvgIpc) is 2.78. The van der Waals surface area contributed by atoms with E-state index < -0.39 is 10.0 Å². The molecule has 3 rings (SSSR count). The van der Waals surface area contributed by atoms with E-state index in [1.165, 1.54) is 38.5 Å². The highest BCUT2D eigenvalue weighted by atomic mass is 32.2. The largest absolute Gasteiger partial charge is 0.495 e. The van der Waals surface area contributed by atoms with Crippen LogP contribution in [0.4, 0.5) is 5.69 Å². The minimum Gasteiger partial charge on any atom is -0.495 e. The maximum Gasteiger partial charge on any atom is 0.262 e. The number of methoxy groups -OCH3 is 1. The molecule has 6 nitrogen and oxygen atoms in total. The Morgan fingerprint density at radius 1 is 1.07 bits per heavy atom. The number of amides is 1. The molecule has 1 aliphatic carbocycles. The summed E-state index contributed by atoms with van der Waals surface area (Å²) in [6.07, 6.45) is 8.96. The van der Waals surface area contributed by atoms with E-state index in [1.807, 2.05) is 11.9 Å². The van der Waals surface area contributed by atoms with Gasteiger partial charge in [0.25, 0.3) is 10.0 Å². The number of benzene rings is 2. The van der Waals surface area contributed by atoms with Gasteiger partial charge in [0, 0.05) is 19.2 Å². The fourth-order valence-electron chi connectivity index (χ4n) is 3.62. The van der Waals surface area contributed by atoms with Gasteiger partial charge in [-0.05, 0) is 48.7 Å². The predicted molar refractivity (Wildman–Crippen MR) is 119 cm³/mol. The van der Waals surface area contributed by atoms with Gasteiger partial charge >= 0.3 is 0 Å². The Morgan fingerprint density at radius 3 is 2.40 bits per heavy atom. The predicted octanol–water partition coefficient (Wildman–Crippen LogP) is 4.30. The van der Waals surface area contributed by atoms with Crippen molar-refractivity contribution in [1.82, 2.24) is 4.90 Å². The maximum absolute atomic E-state index is 12.7. The van der Waals surface area contributed by atoms with E-state index in [0.717, 1.165) is 18.4 Å². The van der Waals surface area contributed by atoms with Crippen molar-refractivity contribution in [3.05, 3.63) is 60.2 Å². The van der Waals surface area contributed by atoms with E-state index in [1.54, 1.807) is 48.6 Å². The van der Waals surface area contributed by atoms with Crippen molar-refractivity contribution in [1.29, 1.82) is 0 Å². The van der Waals surface area contributed by atoms with Crippen molar-refractivity contribution in [2.45, 2.75) is 43.0 Å². The first-order valence-electron chi connectivity index (χ1n) is 10.1. The van der Waals surface area contributed by atoms with Gasteiger partial charge in [-0.25, -0.2) is 8.42 Å². The molecule has 30 heavy (non-hydrogen) atoms. The summed E-state index contributed by atoms with van der Waals surface area (Å²) in [5.74, 6) is 0.415. The van der Waals surface area contributed by atoms with Crippen molar-refractivity contribution >= 4 is 27.7 Å². The van der Waals surface area contributed by atoms with Crippen molar-refractivity contribution in [3.63, 3.8) is 0 Å². The number of likely N-dealkylation sites (N-methyl/N-ethyl adjacent to an activating group) is 1. The normalized spacial score (nSPS) is 15.1. The second-order valence-corrected chi connectivity index (χ2v) is 9.13. The van der Waals surface area contributed by atoms with E-state index in [9.17, 15) is 13.2 Å². The molecule has 0 heterocycles. The second-order valence-electron chi connectivity index (χ2n) is 7.45. The summed E-state index contributed by atoms with van der Waals surface area (Å²) in [5, 5.41) is 0. The second kappa shape index (κ2) is 9.80. The van der Waals surface area contributed by atoms with E-state index in [2.05, 4.69) is 4.72 Å². The van der Waals surface area contributed by atoms with Crippen LogP contribution in [0.2, 0.25) is 0 Å². The van der Waals surface area contributed by atoms with E-state index in [-0.39, 0.29) is 10.8 Å². The van der Waals surface area contributed by atoms with Crippen LogP contribution in [0.15, 0.2) is 59.5 Å². The first-order chi connectivity index (χ1) is 14.4. The number of rotatable bonds is 7. The number of hydrogen-bond donors (Lipinski definition) is 1. The smallest absolute Gasteiger partial charge is 0.262 e. The zero-order chi connectivity index (χ0) is 21.6.